The zero-order valence-electron chi connectivity index (χ0n) is 13.7. The molecule has 0 spiro atoms. The molecule has 0 saturated carbocycles. The first-order chi connectivity index (χ1) is 9.90. The number of carbonyl (C=O) groups excluding carboxylic acids is 1. The number of aliphatic hydroxyl groups excluding tert-OH is 1. The number of aliphatic hydroxyl groups is 1. The van der Waals surface area contributed by atoms with E-state index in [9.17, 15) is 9.90 Å². The molecule has 0 heterocycles. The number of rotatable bonds is 7. The molecule has 0 aromatic heterocycles. The highest BCUT2D eigenvalue weighted by Gasteiger charge is 2.24. The number of likely N-dealkylation sites (N-methyl/N-ethyl adjacent to an activating group) is 1. The minimum atomic E-state index is -0.629. The number of hydrogen-bond acceptors (Lipinski definition) is 4. The van der Waals surface area contributed by atoms with Crippen LogP contribution in [0.2, 0.25) is 0 Å². The average molecular weight is 293 g/mol. The Morgan fingerprint density at radius 1 is 1.29 bits per heavy atom. The fourth-order valence-corrected chi connectivity index (χ4v) is 2.87. The summed E-state index contributed by atoms with van der Waals surface area (Å²) in [5.41, 5.74) is 4.31. The minimum Gasteiger partial charge on any atom is -0.469 e. The largest absolute Gasteiger partial charge is 0.469 e. The van der Waals surface area contributed by atoms with Crippen LogP contribution in [0.3, 0.4) is 0 Å². The Labute approximate surface area is 127 Å². The van der Waals surface area contributed by atoms with E-state index in [0.717, 1.165) is 23.2 Å². The zero-order chi connectivity index (χ0) is 16.0. The van der Waals surface area contributed by atoms with Gasteiger partial charge in [0, 0.05) is 12.5 Å². The second kappa shape index (κ2) is 8.15. The van der Waals surface area contributed by atoms with Gasteiger partial charge in [0.1, 0.15) is 0 Å². The second-order valence-electron chi connectivity index (χ2n) is 5.54. The molecule has 21 heavy (non-hydrogen) atoms. The summed E-state index contributed by atoms with van der Waals surface area (Å²) in [5.74, 6) is -0.248. The molecule has 2 N–H and O–H groups in total. The Balaban J connectivity index is 2.95. The van der Waals surface area contributed by atoms with Gasteiger partial charge in [-0.2, -0.15) is 0 Å². The van der Waals surface area contributed by atoms with Crippen molar-refractivity contribution >= 4 is 5.97 Å². The first kappa shape index (κ1) is 17.7. The number of esters is 1. The minimum absolute atomic E-state index is 0.158. The summed E-state index contributed by atoms with van der Waals surface area (Å²) in [5, 5.41) is 14.0. The van der Waals surface area contributed by atoms with Crippen LogP contribution in [0.15, 0.2) is 12.1 Å². The molecule has 0 aliphatic carbocycles. The van der Waals surface area contributed by atoms with Gasteiger partial charge in [-0.25, -0.2) is 0 Å². The lowest BCUT2D eigenvalue weighted by atomic mass is 9.90. The fourth-order valence-electron chi connectivity index (χ4n) is 2.87. The van der Waals surface area contributed by atoms with E-state index in [1.165, 1.54) is 12.7 Å². The van der Waals surface area contributed by atoms with Crippen LogP contribution >= 0.6 is 0 Å². The van der Waals surface area contributed by atoms with Gasteiger partial charge in [-0.1, -0.05) is 24.6 Å². The van der Waals surface area contributed by atoms with Crippen molar-refractivity contribution in [1.82, 2.24) is 5.32 Å². The number of carbonyl (C=O) groups is 1. The Hall–Kier alpha value is -1.39. The van der Waals surface area contributed by atoms with Gasteiger partial charge in [0.05, 0.1) is 13.2 Å². The highest BCUT2D eigenvalue weighted by atomic mass is 16.5. The number of aryl methyl sites for hydroxylation is 3. The lowest BCUT2D eigenvalue weighted by molar-refractivity contribution is -0.141. The van der Waals surface area contributed by atoms with Gasteiger partial charge in [0.2, 0.25) is 0 Å². The molecule has 0 aliphatic rings. The van der Waals surface area contributed by atoms with E-state index in [-0.39, 0.29) is 12.0 Å². The summed E-state index contributed by atoms with van der Waals surface area (Å²) in [4.78, 5) is 11.3. The summed E-state index contributed by atoms with van der Waals surface area (Å²) in [7, 11) is 1.38. The highest BCUT2D eigenvalue weighted by Crippen LogP contribution is 2.27. The van der Waals surface area contributed by atoms with Crippen LogP contribution in [0.1, 0.15) is 48.1 Å². The molecule has 0 amide bonds. The molecule has 2 atom stereocenters. The third-order valence-electron chi connectivity index (χ3n) is 3.77. The Bertz CT molecular complexity index is 462. The Kier molecular flexibility index (Phi) is 6.85. The van der Waals surface area contributed by atoms with Gasteiger partial charge in [-0.3, -0.25) is 4.79 Å². The summed E-state index contributed by atoms with van der Waals surface area (Å²) in [6.07, 6.45) is 0.221. The van der Waals surface area contributed by atoms with Gasteiger partial charge in [-0.05, 0) is 50.4 Å². The molecule has 1 aromatic carbocycles. The molecule has 1 aromatic rings. The van der Waals surface area contributed by atoms with Crippen molar-refractivity contribution in [3.63, 3.8) is 0 Å². The number of methoxy groups -OCH3 is 1. The van der Waals surface area contributed by atoms with Crippen LogP contribution in [0.5, 0.6) is 0 Å². The monoisotopic (exact) mass is 293 g/mol. The predicted molar refractivity (Wildman–Crippen MR) is 84.3 cm³/mol. The normalized spacial score (nSPS) is 13.8. The van der Waals surface area contributed by atoms with Crippen molar-refractivity contribution in [3.05, 3.63) is 34.4 Å². The fraction of sp³-hybridized carbons (Fsp3) is 0.588. The van der Waals surface area contributed by atoms with Crippen molar-refractivity contribution in [2.24, 2.45) is 0 Å². The van der Waals surface area contributed by atoms with Crippen LogP contribution in [0.4, 0.5) is 0 Å². The molecule has 4 heteroatoms. The van der Waals surface area contributed by atoms with E-state index in [4.69, 9.17) is 0 Å². The third-order valence-corrected chi connectivity index (χ3v) is 3.77. The molecule has 4 nitrogen and oxygen atoms in total. The number of hydrogen-bond donors (Lipinski definition) is 2. The van der Waals surface area contributed by atoms with Gasteiger partial charge in [0.25, 0.3) is 0 Å². The van der Waals surface area contributed by atoms with Gasteiger partial charge < -0.3 is 15.2 Å². The van der Waals surface area contributed by atoms with Crippen molar-refractivity contribution in [2.75, 3.05) is 13.7 Å². The molecule has 2 unspecified atom stereocenters. The lowest BCUT2D eigenvalue weighted by Gasteiger charge is -2.26. The standard InChI is InChI=1S/C17H27NO3/c1-6-18-14(7-8-15(19)21-5)17(20)16-12(3)9-11(2)10-13(16)4/h9-10,14,17-18,20H,6-8H2,1-5H3. The number of ether oxygens (including phenoxy) is 1. The molecule has 1 rings (SSSR count). The topological polar surface area (TPSA) is 58.6 Å². The first-order valence-electron chi connectivity index (χ1n) is 7.46. The summed E-state index contributed by atoms with van der Waals surface area (Å²) in [6, 6.07) is 4.00. The van der Waals surface area contributed by atoms with Crippen molar-refractivity contribution in [2.45, 2.75) is 52.7 Å². The molecule has 0 saturated heterocycles. The van der Waals surface area contributed by atoms with Crippen LogP contribution in [-0.4, -0.2) is 30.8 Å². The van der Waals surface area contributed by atoms with Gasteiger partial charge in [0.15, 0.2) is 0 Å². The van der Waals surface area contributed by atoms with Crippen molar-refractivity contribution in [1.29, 1.82) is 0 Å². The highest BCUT2D eigenvalue weighted by molar-refractivity contribution is 5.69. The number of nitrogens with one attached hydrogen (secondary N) is 1. The SMILES string of the molecule is CCNC(CCC(=O)OC)C(O)c1c(C)cc(C)cc1C. The predicted octanol–water partition coefficient (Wildman–Crippen LogP) is 2.58. The number of benzene rings is 1. The van der Waals surface area contributed by atoms with E-state index in [1.807, 2.05) is 20.8 Å². The van der Waals surface area contributed by atoms with Crippen molar-refractivity contribution < 1.29 is 14.6 Å². The van der Waals surface area contributed by atoms with Crippen LogP contribution in [-0.2, 0) is 9.53 Å². The molecule has 0 aliphatic heterocycles. The molecule has 118 valence electrons. The Morgan fingerprint density at radius 2 is 1.86 bits per heavy atom. The van der Waals surface area contributed by atoms with E-state index in [1.54, 1.807) is 0 Å². The maximum atomic E-state index is 11.3. The molecule has 0 radical (unpaired) electrons. The maximum Gasteiger partial charge on any atom is 0.305 e. The van der Waals surface area contributed by atoms with E-state index in [2.05, 4.69) is 29.1 Å². The summed E-state index contributed by atoms with van der Waals surface area (Å²) in [6.45, 7) is 8.82. The average Bonchev–Trinajstić information content (AvgIpc) is 2.41. The maximum absolute atomic E-state index is 11.3. The van der Waals surface area contributed by atoms with E-state index < -0.39 is 6.10 Å². The quantitative estimate of drug-likeness (QED) is 0.759. The third kappa shape index (κ3) is 4.83. The van der Waals surface area contributed by atoms with E-state index >= 15 is 0 Å². The van der Waals surface area contributed by atoms with Gasteiger partial charge >= 0.3 is 5.97 Å². The second-order valence-corrected chi connectivity index (χ2v) is 5.54. The molecule has 0 fully saturated rings. The van der Waals surface area contributed by atoms with Crippen molar-refractivity contribution in [3.8, 4) is 0 Å². The summed E-state index contributed by atoms with van der Waals surface area (Å²) >= 11 is 0. The molecule has 0 bridgehead atoms. The van der Waals surface area contributed by atoms with Gasteiger partial charge in [-0.15, -0.1) is 0 Å². The van der Waals surface area contributed by atoms with Crippen LogP contribution in [0.25, 0.3) is 0 Å². The lowest BCUT2D eigenvalue weighted by Crippen LogP contribution is -2.36. The summed E-state index contributed by atoms with van der Waals surface area (Å²) < 4.78 is 4.68. The first-order valence-corrected chi connectivity index (χ1v) is 7.46. The smallest absolute Gasteiger partial charge is 0.305 e. The van der Waals surface area contributed by atoms with E-state index in [0.29, 0.717) is 12.8 Å². The van der Waals surface area contributed by atoms with Crippen LogP contribution in [0, 0.1) is 20.8 Å². The molecular weight excluding hydrogens is 266 g/mol. The Morgan fingerprint density at radius 3 is 2.33 bits per heavy atom. The molecular formula is C17H27NO3. The van der Waals surface area contributed by atoms with Crippen LogP contribution < -0.4 is 5.32 Å². The zero-order valence-corrected chi connectivity index (χ0v) is 13.7.